The minimum absolute atomic E-state index is 0.0727. The van der Waals surface area contributed by atoms with Crippen molar-refractivity contribution in [2.24, 2.45) is 0 Å². The Balaban J connectivity index is 1.56. The molecule has 2 aromatic rings. The zero-order valence-electron chi connectivity index (χ0n) is 14.7. The molecule has 1 aliphatic heterocycles. The van der Waals surface area contributed by atoms with Gasteiger partial charge in [-0.1, -0.05) is 54.5 Å². The van der Waals surface area contributed by atoms with E-state index < -0.39 is 24.1 Å². The van der Waals surface area contributed by atoms with Gasteiger partial charge >= 0.3 is 12.1 Å². The number of aliphatic carboxylic acids is 1. The minimum Gasteiger partial charge on any atom is -0.480 e. The van der Waals surface area contributed by atoms with Crippen LogP contribution < -0.4 is 0 Å². The normalized spacial score (nSPS) is 20.6. The molecule has 136 valence electrons. The molecule has 1 fully saturated rings. The van der Waals surface area contributed by atoms with Crippen molar-refractivity contribution in [1.29, 1.82) is 0 Å². The predicted molar refractivity (Wildman–Crippen MR) is 100 cm³/mol. The van der Waals surface area contributed by atoms with Crippen LogP contribution in [0.25, 0.3) is 11.1 Å². The maximum Gasteiger partial charge on any atom is 0.411 e. The Morgan fingerprint density at radius 1 is 1.07 bits per heavy atom. The highest BCUT2D eigenvalue weighted by atomic mass is 16.6. The van der Waals surface area contributed by atoms with Gasteiger partial charge in [0, 0.05) is 5.92 Å². The molecular weight excluding hydrogens is 342 g/mol. The van der Waals surface area contributed by atoms with Crippen LogP contribution in [0.5, 0.6) is 0 Å². The fourth-order valence-corrected chi connectivity index (χ4v) is 4.14. The number of hydrogen-bond acceptors (Lipinski definition) is 3. The van der Waals surface area contributed by atoms with Crippen LogP contribution in [0.4, 0.5) is 4.79 Å². The number of rotatable bonds is 3. The number of carboxylic acids is 1. The van der Waals surface area contributed by atoms with Gasteiger partial charge < -0.3 is 9.84 Å². The number of carbonyl (C=O) groups excluding carboxylic acids is 1. The SMILES string of the molecule is C#C[C@H]1CC[C@@H](C(=O)O)N1C(=O)OCC1c2ccccc2-c2ccccc21. The smallest absolute Gasteiger partial charge is 0.411 e. The molecule has 1 aliphatic carbocycles. The van der Waals surface area contributed by atoms with Crippen LogP contribution in [0, 0.1) is 12.3 Å². The van der Waals surface area contributed by atoms with E-state index in [-0.39, 0.29) is 12.5 Å². The van der Waals surface area contributed by atoms with Crippen LogP contribution >= 0.6 is 0 Å². The van der Waals surface area contributed by atoms with E-state index in [0.717, 1.165) is 22.3 Å². The number of amides is 1. The Morgan fingerprint density at radius 2 is 1.67 bits per heavy atom. The molecule has 1 amide bonds. The van der Waals surface area contributed by atoms with E-state index in [4.69, 9.17) is 11.2 Å². The molecule has 0 bridgehead atoms. The van der Waals surface area contributed by atoms with Crippen LogP contribution in [-0.2, 0) is 9.53 Å². The summed E-state index contributed by atoms with van der Waals surface area (Å²) in [5, 5.41) is 9.37. The summed E-state index contributed by atoms with van der Waals surface area (Å²) in [6.45, 7) is 0.146. The Bertz CT molecular complexity index is 900. The van der Waals surface area contributed by atoms with Gasteiger partial charge in [-0.3, -0.25) is 4.90 Å². The first-order chi connectivity index (χ1) is 13.1. The van der Waals surface area contributed by atoms with Crippen LogP contribution in [0.15, 0.2) is 48.5 Å². The lowest BCUT2D eigenvalue weighted by atomic mass is 9.98. The summed E-state index contributed by atoms with van der Waals surface area (Å²) in [5.41, 5.74) is 4.49. The molecule has 5 heteroatoms. The van der Waals surface area contributed by atoms with Gasteiger partial charge in [-0.25, -0.2) is 9.59 Å². The van der Waals surface area contributed by atoms with E-state index >= 15 is 0 Å². The van der Waals surface area contributed by atoms with Crippen molar-refractivity contribution in [3.63, 3.8) is 0 Å². The standard InChI is InChI=1S/C22H19NO4/c1-2-14-11-12-20(21(24)25)23(14)22(26)27-13-19-17-9-5-3-7-15(17)16-8-4-6-10-18(16)19/h1,3-10,14,19-20H,11-13H2,(H,24,25)/t14-,20-/m0/s1. The van der Waals surface area contributed by atoms with Crippen LogP contribution in [0.2, 0.25) is 0 Å². The summed E-state index contributed by atoms with van der Waals surface area (Å²) >= 11 is 0. The average Bonchev–Trinajstić information content (AvgIpc) is 3.26. The van der Waals surface area contributed by atoms with Gasteiger partial charge in [-0.05, 0) is 35.1 Å². The van der Waals surface area contributed by atoms with Gasteiger partial charge in [0.25, 0.3) is 0 Å². The molecule has 0 unspecified atom stereocenters. The monoisotopic (exact) mass is 361 g/mol. The minimum atomic E-state index is -1.05. The van der Waals surface area contributed by atoms with Gasteiger partial charge in [0.05, 0.1) is 6.04 Å². The van der Waals surface area contributed by atoms with Crippen molar-refractivity contribution < 1.29 is 19.4 Å². The zero-order chi connectivity index (χ0) is 19.0. The van der Waals surface area contributed by atoms with E-state index in [0.29, 0.717) is 12.8 Å². The number of fused-ring (bicyclic) bond motifs is 3. The van der Waals surface area contributed by atoms with Gasteiger partial charge in [-0.15, -0.1) is 6.42 Å². The van der Waals surface area contributed by atoms with Gasteiger partial charge in [0.1, 0.15) is 12.6 Å². The summed E-state index contributed by atoms with van der Waals surface area (Å²) in [5.74, 6) is 1.37. The second kappa shape index (κ2) is 6.81. The largest absolute Gasteiger partial charge is 0.480 e. The molecule has 1 saturated heterocycles. The van der Waals surface area contributed by atoms with Crippen molar-refractivity contribution in [2.45, 2.75) is 30.8 Å². The summed E-state index contributed by atoms with van der Waals surface area (Å²) in [6, 6.07) is 14.6. The molecule has 0 saturated carbocycles. The number of ether oxygens (including phenoxy) is 1. The van der Waals surface area contributed by atoms with Crippen molar-refractivity contribution in [3.8, 4) is 23.5 Å². The lowest BCUT2D eigenvalue weighted by molar-refractivity contribution is -0.141. The summed E-state index contributed by atoms with van der Waals surface area (Å²) < 4.78 is 5.56. The van der Waals surface area contributed by atoms with E-state index in [1.54, 1.807) is 0 Å². The number of benzene rings is 2. The fraction of sp³-hybridized carbons (Fsp3) is 0.273. The Hall–Kier alpha value is -3.26. The summed E-state index contributed by atoms with van der Waals surface area (Å²) in [4.78, 5) is 25.3. The molecule has 2 aliphatic rings. The van der Waals surface area contributed by atoms with E-state index in [1.165, 1.54) is 4.90 Å². The molecule has 27 heavy (non-hydrogen) atoms. The molecule has 2 atom stereocenters. The number of carboxylic acid groups (broad SMARTS) is 1. The first-order valence-corrected chi connectivity index (χ1v) is 8.94. The van der Waals surface area contributed by atoms with Gasteiger partial charge in [0.2, 0.25) is 0 Å². The lowest BCUT2D eigenvalue weighted by Crippen LogP contribution is -2.45. The van der Waals surface area contributed by atoms with E-state index in [9.17, 15) is 14.7 Å². The maximum atomic E-state index is 12.7. The quantitative estimate of drug-likeness (QED) is 0.850. The summed E-state index contributed by atoms with van der Waals surface area (Å²) in [6.07, 6.45) is 5.63. The van der Waals surface area contributed by atoms with E-state index in [2.05, 4.69) is 18.1 Å². The van der Waals surface area contributed by atoms with Crippen LogP contribution in [-0.4, -0.2) is 40.8 Å². The van der Waals surface area contributed by atoms with Crippen LogP contribution in [0.1, 0.15) is 29.9 Å². The number of hydrogen-bond donors (Lipinski definition) is 1. The molecule has 0 aromatic heterocycles. The summed E-state index contributed by atoms with van der Waals surface area (Å²) in [7, 11) is 0. The molecule has 2 aromatic carbocycles. The molecule has 0 radical (unpaired) electrons. The highest BCUT2D eigenvalue weighted by molar-refractivity contribution is 5.82. The highest BCUT2D eigenvalue weighted by Gasteiger charge is 2.41. The Labute approximate surface area is 157 Å². The van der Waals surface area contributed by atoms with Crippen LogP contribution in [0.3, 0.4) is 0 Å². The third-order valence-electron chi connectivity index (χ3n) is 5.41. The average molecular weight is 361 g/mol. The first kappa shape index (κ1) is 17.2. The predicted octanol–water partition coefficient (Wildman–Crippen LogP) is 3.49. The molecule has 1 N–H and O–H groups in total. The third-order valence-corrected chi connectivity index (χ3v) is 5.41. The van der Waals surface area contributed by atoms with Crippen molar-refractivity contribution in [1.82, 2.24) is 4.90 Å². The molecular formula is C22H19NO4. The van der Waals surface area contributed by atoms with E-state index in [1.807, 2.05) is 36.4 Å². The second-order valence-electron chi connectivity index (χ2n) is 6.83. The molecule has 4 rings (SSSR count). The number of terminal acetylenes is 1. The topological polar surface area (TPSA) is 66.8 Å². The Morgan fingerprint density at radius 3 is 2.22 bits per heavy atom. The third kappa shape index (κ3) is 2.83. The second-order valence-corrected chi connectivity index (χ2v) is 6.83. The highest BCUT2D eigenvalue weighted by Crippen LogP contribution is 2.44. The molecule has 1 heterocycles. The maximum absolute atomic E-state index is 12.7. The molecule has 5 nitrogen and oxygen atoms in total. The van der Waals surface area contributed by atoms with Gasteiger partial charge in [0.15, 0.2) is 0 Å². The Kier molecular flexibility index (Phi) is 4.33. The number of nitrogens with zero attached hydrogens (tertiary/aromatic N) is 1. The first-order valence-electron chi connectivity index (χ1n) is 8.94. The fourth-order valence-electron chi connectivity index (χ4n) is 4.14. The lowest BCUT2D eigenvalue weighted by Gasteiger charge is -2.25. The van der Waals surface area contributed by atoms with Crippen molar-refractivity contribution in [2.75, 3.05) is 6.61 Å². The van der Waals surface area contributed by atoms with Gasteiger partial charge in [-0.2, -0.15) is 0 Å². The number of likely N-dealkylation sites (tertiary alicyclic amines) is 1. The van der Waals surface area contributed by atoms with Crippen molar-refractivity contribution in [3.05, 3.63) is 59.7 Å². The van der Waals surface area contributed by atoms with Crippen molar-refractivity contribution >= 4 is 12.1 Å². The molecule has 0 spiro atoms. The number of carbonyl (C=O) groups is 2. The zero-order valence-corrected chi connectivity index (χ0v) is 14.7.